The van der Waals surface area contributed by atoms with Crippen LogP contribution in [0.15, 0.2) is 29.3 Å². The van der Waals surface area contributed by atoms with Crippen LogP contribution in [0.5, 0.6) is 0 Å². The standard InChI is InChI=1S/C19H30FN5S.HI/c1-23-9-7-19(26-2,8-10-23)15-22-18(21)25-13-11-24(12-14-25)17-5-3-16(20)4-6-17;/h3-6H,7-15H2,1-2H3,(H2,21,22);1H. The summed E-state index contributed by atoms with van der Waals surface area (Å²) in [4.78, 5) is 11.6. The molecule has 152 valence electrons. The van der Waals surface area contributed by atoms with E-state index in [1.807, 2.05) is 23.9 Å². The van der Waals surface area contributed by atoms with Crippen LogP contribution < -0.4 is 10.6 Å². The zero-order valence-electron chi connectivity index (χ0n) is 16.2. The van der Waals surface area contributed by atoms with E-state index in [-0.39, 0.29) is 34.5 Å². The fourth-order valence-electron chi connectivity index (χ4n) is 3.62. The molecular weight excluding hydrogens is 476 g/mol. The third kappa shape index (κ3) is 5.87. The lowest BCUT2D eigenvalue weighted by Gasteiger charge is -2.39. The van der Waals surface area contributed by atoms with Crippen molar-refractivity contribution in [3.05, 3.63) is 30.1 Å². The summed E-state index contributed by atoms with van der Waals surface area (Å²) in [6.45, 7) is 6.51. The van der Waals surface area contributed by atoms with Crippen molar-refractivity contribution in [2.45, 2.75) is 17.6 Å². The van der Waals surface area contributed by atoms with Gasteiger partial charge in [-0.15, -0.1) is 24.0 Å². The normalized spacial score (nSPS) is 21.1. The Hall–Kier alpha value is -0.740. The van der Waals surface area contributed by atoms with Gasteiger partial charge in [0, 0.05) is 36.6 Å². The topological polar surface area (TPSA) is 48.1 Å². The summed E-state index contributed by atoms with van der Waals surface area (Å²) in [5.74, 6) is 0.469. The molecule has 2 aliphatic rings. The summed E-state index contributed by atoms with van der Waals surface area (Å²) in [6, 6.07) is 6.71. The molecule has 0 amide bonds. The van der Waals surface area contributed by atoms with Crippen molar-refractivity contribution < 1.29 is 4.39 Å². The second-order valence-corrected chi connectivity index (χ2v) is 8.59. The van der Waals surface area contributed by atoms with Crippen molar-refractivity contribution in [1.29, 1.82) is 0 Å². The van der Waals surface area contributed by atoms with Crippen LogP contribution in [-0.2, 0) is 0 Å². The summed E-state index contributed by atoms with van der Waals surface area (Å²) in [7, 11) is 2.18. The van der Waals surface area contributed by atoms with Crippen LogP contribution in [0, 0.1) is 5.82 Å². The molecule has 1 aromatic rings. The van der Waals surface area contributed by atoms with E-state index in [1.54, 1.807) is 0 Å². The molecule has 2 fully saturated rings. The highest BCUT2D eigenvalue weighted by Gasteiger charge is 2.33. The minimum absolute atomic E-state index is 0. The molecular formula is C19H31FIN5S. The zero-order valence-corrected chi connectivity index (χ0v) is 19.4. The van der Waals surface area contributed by atoms with Crippen molar-refractivity contribution in [2.24, 2.45) is 10.7 Å². The van der Waals surface area contributed by atoms with Gasteiger partial charge in [-0.25, -0.2) is 4.39 Å². The minimum atomic E-state index is -0.194. The summed E-state index contributed by atoms with van der Waals surface area (Å²) in [5, 5.41) is 0. The number of halogens is 2. The van der Waals surface area contributed by atoms with Gasteiger partial charge in [0.2, 0.25) is 0 Å². The molecule has 0 bridgehead atoms. The Morgan fingerprint density at radius 2 is 1.70 bits per heavy atom. The van der Waals surface area contributed by atoms with Crippen molar-refractivity contribution in [1.82, 2.24) is 9.80 Å². The molecule has 0 atom stereocenters. The van der Waals surface area contributed by atoms with Crippen LogP contribution in [0.2, 0.25) is 0 Å². The Labute approximate surface area is 183 Å². The predicted molar refractivity (Wildman–Crippen MR) is 125 cm³/mol. The number of rotatable bonds is 4. The third-order valence-electron chi connectivity index (χ3n) is 5.66. The van der Waals surface area contributed by atoms with E-state index in [0.29, 0.717) is 5.96 Å². The van der Waals surface area contributed by atoms with Crippen LogP contribution in [0.4, 0.5) is 10.1 Å². The van der Waals surface area contributed by atoms with Crippen LogP contribution >= 0.6 is 35.7 Å². The molecule has 0 saturated carbocycles. The quantitative estimate of drug-likeness (QED) is 0.386. The minimum Gasteiger partial charge on any atom is -0.370 e. The number of likely N-dealkylation sites (tertiary alicyclic amines) is 1. The Kier molecular flexibility index (Phi) is 8.48. The SMILES string of the molecule is CSC1(CN=C(N)N2CCN(c3ccc(F)cc3)CC2)CCN(C)CC1.I. The van der Waals surface area contributed by atoms with E-state index in [4.69, 9.17) is 10.7 Å². The van der Waals surface area contributed by atoms with Crippen molar-refractivity contribution in [3.63, 3.8) is 0 Å². The first-order valence-corrected chi connectivity index (χ1v) is 10.5. The number of nitrogens with two attached hydrogens (primary N) is 1. The smallest absolute Gasteiger partial charge is 0.191 e. The maximum Gasteiger partial charge on any atom is 0.191 e. The molecule has 2 saturated heterocycles. The van der Waals surface area contributed by atoms with Gasteiger partial charge < -0.3 is 20.4 Å². The number of thioether (sulfide) groups is 1. The van der Waals surface area contributed by atoms with Crippen molar-refractivity contribution >= 4 is 47.4 Å². The summed E-state index contributed by atoms with van der Waals surface area (Å²) >= 11 is 1.94. The lowest BCUT2D eigenvalue weighted by Crippen LogP contribution is -2.51. The van der Waals surface area contributed by atoms with Gasteiger partial charge in [-0.3, -0.25) is 4.99 Å². The van der Waals surface area contributed by atoms with Gasteiger partial charge in [-0.05, 0) is 63.5 Å². The molecule has 8 heteroatoms. The Morgan fingerprint density at radius 3 is 2.26 bits per heavy atom. The molecule has 2 aliphatic heterocycles. The molecule has 2 heterocycles. The lowest BCUT2D eigenvalue weighted by atomic mass is 9.96. The van der Waals surface area contributed by atoms with Gasteiger partial charge in [-0.1, -0.05) is 0 Å². The van der Waals surface area contributed by atoms with Crippen LogP contribution in [-0.4, -0.2) is 79.6 Å². The van der Waals surface area contributed by atoms with Gasteiger partial charge in [0.05, 0.1) is 6.54 Å². The largest absolute Gasteiger partial charge is 0.370 e. The van der Waals surface area contributed by atoms with Gasteiger partial charge in [0.15, 0.2) is 5.96 Å². The first kappa shape index (κ1) is 22.5. The second-order valence-electron chi connectivity index (χ2n) is 7.32. The number of piperidine rings is 1. The van der Waals surface area contributed by atoms with Crippen LogP contribution in [0.25, 0.3) is 0 Å². The number of piperazine rings is 1. The Morgan fingerprint density at radius 1 is 1.11 bits per heavy atom. The van der Waals surface area contributed by atoms with E-state index >= 15 is 0 Å². The summed E-state index contributed by atoms with van der Waals surface area (Å²) in [6.07, 6.45) is 4.53. The predicted octanol–water partition coefficient (Wildman–Crippen LogP) is 2.71. The molecule has 3 rings (SSSR count). The van der Waals surface area contributed by atoms with Gasteiger partial charge in [-0.2, -0.15) is 11.8 Å². The highest BCUT2D eigenvalue weighted by Crippen LogP contribution is 2.34. The van der Waals surface area contributed by atoms with Crippen molar-refractivity contribution in [2.75, 3.05) is 64.0 Å². The molecule has 27 heavy (non-hydrogen) atoms. The number of guanidine groups is 1. The molecule has 1 aromatic carbocycles. The van der Waals surface area contributed by atoms with Crippen LogP contribution in [0.1, 0.15) is 12.8 Å². The van der Waals surface area contributed by atoms with Gasteiger partial charge in [0.1, 0.15) is 5.82 Å². The maximum atomic E-state index is 13.1. The number of aliphatic imine (C=N–C) groups is 1. The summed E-state index contributed by atoms with van der Waals surface area (Å²) < 4.78 is 13.3. The maximum absolute atomic E-state index is 13.1. The first-order valence-electron chi connectivity index (χ1n) is 9.30. The third-order valence-corrected chi connectivity index (χ3v) is 7.06. The zero-order chi connectivity index (χ0) is 18.6. The van der Waals surface area contributed by atoms with E-state index < -0.39 is 0 Å². The van der Waals surface area contributed by atoms with E-state index in [2.05, 4.69) is 28.0 Å². The van der Waals surface area contributed by atoms with Gasteiger partial charge >= 0.3 is 0 Å². The molecule has 0 spiro atoms. The fraction of sp³-hybridized carbons (Fsp3) is 0.632. The molecule has 0 aromatic heterocycles. The van der Waals surface area contributed by atoms with Crippen molar-refractivity contribution in [3.8, 4) is 0 Å². The molecule has 0 unspecified atom stereocenters. The average Bonchev–Trinajstić information content (AvgIpc) is 2.68. The Balaban J connectivity index is 0.00000261. The lowest BCUT2D eigenvalue weighted by molar-refractivity contribution is 0.242. The molecule has 0 radical (unpaired) electrons. The first-order chi connectivity index (χ1) is 12.5. The Bertz CT molecular complexity index is 611. The number of anilines is 1. The number of nitrogens with zero attached hydrogens (tertiary/aromatic N) is 4. The van der Waals surface area contributed by atoms with Gasteiger partial charge in [0.25, 0.3) is 0 Å². The highest BCUT2D eigenvalue weighted by molar-refractivity contribution is 14.0. The molecule has 2 N–H and O–H groups in total. The van der Waals surface area contributed by atoms with E-state index in [0.717, 1.165) is 51.5 Å². The van der Waals surface area contributed by atoms with Crippen LogP contribution in [0.3, 0.4) is 0 Å². The number of hydrogen-bond donors (Lipinski definition) is 1. The average molecular weight is 507 g/mol. The second kappa shape index (κ2) is 10.2. The number of benzene rings is 1. The van der Waals surface area contributed by atoms with E-state index in [9.17, 15) is 4.39 Å². The molecule has 5 nitrogen and oxygen atoms in total. The fourth-order valence-corrected chi connectivity index (χ4v) is 4.41. The summed E-state index contributed by atoms with van der Waals surface area (Å²) in [5.41, 5.74) is 7.36. The molecule has 0 aliphatic carbocycles. The number of hydrogen-bond acceptors (Lipinski definition) is 4. The monoisotopic (exact) mass is 507 g/mol. The highest BCUT2D eigenvalue weighted by atomic mass is 127. The van der Waals surface area contributed by atoms with E-state index in [1.165, 1.54) is 25.0 Å².